The third-order valence-corrected chi connectivity index (χ3v) is 2.27. The van der Waals surface area contributed by atoms with Crippen LogP contribution < -0.4 is 9.47 Å². The molecule has 0 heterocycles. The topological polar surface area (TPSA) is 42.2 Å². The molecule has 0 saturated heterocycles. The fraction of sp³-hybridized carbons (Fsp3) is 0.250. The van der Waals surface area contributed by atoms with Crippen LogP contribution in [0.15, 0.2) is 29.3 Å². The van der Waals surface area contributed by atoms with Crippen molar-refractivity contribution in [2.45, 2.75) is 6.92 Å². The lowest BCUT2D eigenvalue weighted by molar-refractivity contribution is 0.347. The third kappa shape index (κ3) is 3.48. The van der Waals surface area contributed by atoms with Crippen molar-refractivity contribution in [1.82, 2.24) is 0 Å². The second-order valence-electron chi connectivity index (χ2n) is 3.25. The lowest BCUT2D eigenvalue weighted by atomic mass is 10.2. The van der Waals surface area contributed by atoms with Crippen molar-refractivity contribution in [3.8, 4) is 17.6 Å². The van der Waals surface area contributed by atoms with Crippen molar-refractivity contribution in [3.63, 3.8) is 0 Å². The molecule has 4 heteroatoms. The summed E-state index contributed by atoms with van der Waals surface area (Å²) in [6.45, 7) is 2.25. The second-order valence-corrected chi connectivity index (χ2v) is 3.47. The Balaban J connectivity index is 2.84. The number of rotatable bonds is 4. The Bertz CT molecular complexity index is 435. The molecule has 1 aromatic carbocycles. The summed E-state index contributed by atoms with van der Waals surface area (Å²) in [5.74, 6) is 1.19. The lowest BCUT2D eigenvalue weighted by Gasteiger charge is -2.08. The average Bonchev–Trinajstić information content (AvgIpc) is 2.35. The number of methoxy groups -OCH3 is 1. The first-order valence-corrected chi connectivity index (χ1v) is 5.11. The number of hydrogen-bond donors (Lipinski definition) is 0. The molecule has 16 heavy (non-hydrogen) atoms. The molecule has 1 aromatic rings. The molecular formula is C12H12ClNO2. The average molecular weight is 238 g/mol. The zero-order valence-electron chi connectivity index (χ0n) is 9.16. The van der Waals surface area contributed by atoms with Gasteiger partial charge in [-0.3, -0.25) is 0 Å². The summed E-state index contributed by atoms with van der Waals surface area (Å²) < 4.78 is 10.5. The van der Waals surface area contributed by atoms with E-state index in [4.69, 9.17) is 26.3 Å². The number of ether oxygens (including phenoxy) is 2. The number of nitriles is 1. The van der Waals surface area contributed by atoms with Crippen molar-refractivity contribution in [2.24, 2.45) is 0 Å². The van der Waals surface area contributed by atoms with Gasteiger partial charge < -0.3 is 9.47 Å². The number of hydrogen-bond acceptors (Lipinski definition) is 3. The number of benzene rings is 1. The number of nitrogens with zero attached hydrogens (tertiary/aromatic N) is 1. The summed E-state index contributed by atoms with van der Waals surface area (Å²) in [7, 11) is 1.55. The zero-order valence-corrected chi connectivity index (χ0v) is 9.91. The van der Waals surface area contributed by atoms with Crippen molar-refractivity contribution >= 4 is 11.6 Å². The first kappa shape index (κ1) is 12.4. The molecule has 0 bridgehead atoms. The zero-order chi connectivity index (χ0) is 12.0. The molecule has 84 valence electrons. The van der Waals surface area contributed by atoms with E-state index < -0.39 is 0 Å². The molecule has 0 fully saturated rings. The summed E-state index contributed by atoms with van der Waals surface area (Å²) in [6.07, 6.45) is 0. The Morgan fingerprint density at radius 1 is 1.44 bits per heavy atom. The van der Waals surface area contributed by atoms with Gasteiger partial charge in [0.05, 0.1) is 18.7 Å². The minimum absolute atomic E-state index is 0.390. The van der Waals surface area contributed by atoms with E-state index >= 15 is 0 Å². The molecule has 0 aliphatic rings. The van der Waals surface area contributed by atoms with Crippen LogP contribution in [0.25, 0.3) is 0 Å². The van der Waals surface area contributed by atoms with Gasteiger partial charge in [0.15, 0.2) is 0 Å². The van der Waals surface area contributed by atoms with Crippen LogP contribution in [0.3, 0.4) is 0 Å². The molecule has 1 rings (SSSR count). The van der Waals surface area contributed by atoms with E-state index in [2.05, 4.69) is 0 Å². The van der Waals surface area contributed by atoms with Crippen LogP contribution in [-0.4, -0.2) is 13.7 Å². The fourth-order valence-corrected chi connectivity index (χ4v) is 1.13. The van der Waals surface area contributed by atoms with Crippen molar-refractivity contribution < 1.29 is 9.47 Å². The summed E-state index contributed by atoms with van der Waals surface area (Å²) in [4.78, 5) is 0. The van der Waals surface area contributed by atoms with Crippen LogP contribution in [0.2, 0.25) is 0 Å². The van der Waals surface area contributed by atoms with E-state index in [1.807, 2.05) is 13.0 Å². The second kappa shape index (κ2) is 6.04. The first-order valence-electron chi connectivity index (χ1n) is 4.67. The molecule has 0 aliphatic heterocycles. The van der Waals surface area contributed by atoms with Gasteiger partial charge in [-0.1, -0.05) is 11.6 Å². The van der Waals surface area contributed by atoms with E-state index in [9.17, 15) is 0 Å². The van der Waals surface area contributed by atoms with Gasteiger partial charge in [0.2, 0.25) is 0 Å². The summed E-state index contributed by atoms with van der Waals surface area (Å²) >= 11 is 5.52. The van der Waals surface area contributed by atoms with Gasteiger partial charge in [0, 0.05) is 11.6 Å². The maximum Gasteiger partial charge on any atom is 0.124 e. The summed E-state index contributed by atoms with van der Waals surface area (Å²) in [5.41, 5.74) is 2.87. The quantitative estimate of drug-likeness (QED) is 0.808. The molecular weight excluding hydrogens is 226 g/mol. The minimum atomic E-state index is 0.390. The molecule has 0 amide bonds. The van der Waals surface area contributed by atoms with E-state index in [1.54, 1.807) is 25.3 Å². The van der Waals surface area contributed by atoms with Gasteiger partial charge in [0.1, 0.15) is 18.1 Å². The predicted octanol–water partition coefficient (Wildman–Crippen LogP) is 3.09. The summed E-state index contributed by atoms with van der Waals surface area (Å²) in [5, 5.41) is 8.81. The normalized spacial score (nSPS) is 10.8. The molecule has 0 radical (unpaired) electrons. The Morgan fingerprint density at radius 2 is 2.12 bits per heavy atom. The predicted molar refractivity (Wildman–Crippen MR) is 62.8 cm³/mol. The van der Waals surface area contributed by atoms with Gasteiger partial charge >= 0.3 is 0 Å². The fourth-order valence-electron chi connectivity index (χ4n) is 1.07. The maximum absolute atomic E-state index is 8.81. The van der Waals surface area contributed by atoms with Crippen LogP contribution in [0.4, 0.5) is 0 Å². The van der Waals surface area contributed by atoms with Crippen molar-refractivity contribution in [1.29, 1.82) is 5.26 Å². The van der Waals surface area contributed by atoms with E-state index in [1.165, 1.54) is 5.54 Å². The van der Waals surface area contributed by atoms with E-state index in [0.29, 0.717) is 23.7 Å². The molecule has 0 unspecified atom stereocenters. The summed E-state index contributed by atoms with van der Waals surface area (Å²) in [6, 6.07) is 7.07. The standard InChI is InChI=1S/C12H12ClNO2/c1-9(6-13)8-16-12-4-10(7-14)3-11(5-12)15-2/h3-6H,8H2,1-2H3/b9-6+. The van der Waals surface area contributed by atoms with Gasteiger partial charge in [-0.25, -0.2) is 0 Å². The molecule has 3 nitrogen and oxygen atoms in total. The molecule has 0 spiro atoms. The monoisotopic (exact) mass is 237 g/mol. The molecule has 0 aromatic heterocycles. The largest absolute Gasteiger partial charge is 0.497 e. The highest BCUT2D eigenvalue weighted by Gasteiger charge is 2.02. The van der Waals surface area contributed by atoms with Crippen LogP contribution in [-0.2, 0) is 0 Å². The van der Waals surface area contributed by atoms with Gasteiger partial charge in [-0.15, -0.1) is 0 Å². The van der Waals surface area contributed by atoms with Crippen molar-refractivity contribution in [3.05, 3.63) is 34.9 Å². The maximum atomic E-state index is 8.81. The first-order chi connectivity index (χ1) is 7.69. The van der Waals surface area contributed by atoms with Crippen molar-refractivity contribution in [2.75, 3.05) is 13.7 Å². The number of halogens is 1. The van der Waals surface area contributed by atoms with Gasteiger partial charge in [-0.05, 0) is 24.6 Å². The Kier molecular flexibility index (Phi) is 4.68. The van der Waals surface area contributed by atoms with Crippen LogP contribution in [0, 0.1) is 11.3 Å². The van der Waals surface area contributed by atoms with Gasteiger partial charge in [-0.2, -0.15) is 5.26 Å². The van der Waals surface area contributed by atoms with Gasteiger partial charge in [0.25, 0.3) is 0 Å². The van der Waals surface area contributed by atoms with Crippen LogP contribution in [0.5, 0.6) is 11.5 Å². The van der Waals surface area contributed by atoms with E-state index in [-0.39, 0.29) is 0 Å². The molecule has 0 aliphatic carbocycles. The smallest absolute Gasteiger partial charge is 0.124 e. The molecule has 0 N–H and O–H groups in total. The highest BCUT2D eigenvalue weighted by Crippen LogP contribution is 2.22. The van der Waals surface area contributed by atoms with E-state index in [0.717, 1.165) is 5.57 Å². The third-order valence-electron chi connectivity index (χ3n) is 1.90. The van der Waals surface area contributed by atoms with Crippen LogP contribution >= 0.6 is 11.6 Å². The molecule has 0 saturated carbocycles. The Hall–Kier alpha value is -1.66. The molecule has 0 atom stereocenters. The Morgan fingerprint density at radius 3 is 2.69 bits per heavy atom. The highest BCUT2D eigenvalue weighted by molar-refractivity contribution is 6.25. The highest BCUT2D eigenvalue weighted by atomic mass is 35.5. The lowest BCUT2D eigenvalue weighted by Crippen LogP contribution is -1.99. The minimum Gasteiger partial charge on any atom is -0.497 e. The SMILES string of the molecule is COc1cc(C#N)cc(OC/C(C)=C/Cl)c1. The Labute approximate surface area is 99.9 Å². The van der Waals surface area contributed by atoms with Crippen LogP contribution in [0.1, 0.15) is 12.5 Å².